The van der Waals surface area contributed by atoms with Crippen LogP contribution in [0.25, 0.3) is 5.69 Å². The third-order valence-electron chi connectivity index (χ3n) is 3.98. The van der Waals surface area contributed by atoms with Crippen LogP contribution in [0.4, 0.5) is 10.1 Å². The van der Waals surface area contributed by atoms with Gasteiger partial charge >= 0.3 is 5.97 Å². The fraction of sp³-hybridized carbons (Fsp3) is 0.150. The lowest BCUT2D eigenvalue weighted by atomic mass is 10.2. The molecule has 1 N–H and O–H groups in total. The first-order valence-corrected chi connectivity index (χ1v) is 8.78. The molecule has 0 unspecified atom stereocenters. The summed E-state index contributed by atoms with van der Waals surface area (Å²) in [4.78, 5) is 23.5. The molecule has 1 heterocycles. The lowest BCUT2D eigenvalue weighted by Crippen LogP contribution is -2.10. The van der Waals surface area contributed by atoms with Crippen molar-refractivity contribution < 1.29 is 18.7 Å². The maximum atomic E-state index is 13.7. The number of para-hydroxylation sites is 1. The van der Waals surface area contributed by atoms with Crippen molar-refractivity contribution in [3.8, 4) is 5.69 Å². The molecule has 0 bridgehead atoms. The van der Waals surface area contributed by atoms with Crippen LogP contribution in [0.2, 0.25) is 5.15 Å². The van der Waals surface area contributed by atoms with E-state index in [1.807, 2.05) is 30.3 Å². The number of esters is 1. The lowest BCUT2D eigenvalue weighted by molar-refractivity contribution is -0.114. The number of nitrogens with one attached hydrogen (secondary N) is 1. The van der Waals surface area contributed by atoms with Crippen molar-refractivity contribution in [2.24, 2.45) is 0 Å². The summed E-state index contributed by atoms with van der Waals surface area (Å²) in [6.07, 6.45) is 0. The summed E-state index contributed by atoms with van der Waals surface area (Å²) >= 11 is 6.41. The molecular weight excluding hydrogens is 385 g/mol. The molecule has 28 heavy (non-hydrogen) atoms. The Balaban J connectivity index is 1.77. The molecule has 144 valence electrons. The maximum absolute atomic E-state index is 13.7. The van der Waals surface area contributed by atoms with Crippen LogP contribution in [0.1, 0.15) is 28.5 Å². The molecule has 0 atom stereocenters. The van der Waals surface area contributed by atoms with Crippen LogP contribution in [0.5, 0.6) is 0 Å². The molecule has 3 aromatic rings. The van der Waals surface area contributed by atoms with Crippen LogP contribution in [0.3, 0.4) is 0 Å². The quantitative estimate of drug-likeness (QED) is 0.647. The number of amides is 1. The molecule has 0 saturated carbocycles. The van der Waals surface area contributed by atoms with Gasteiger partial charge in [0.2, 0.25) is 5.91 Å². The van der Waals surface area contributed by atoms with Gasteiger partial charge in [0.1, 0.15) is 17.6 Å². The minimum absolute atomic E-state index is 0.0898. The van der Waals surface area contributed by atoms with E-state index < -0.39 is 17.7 Å². The second-order valence-corrected chi connectivity index (χ2v) is 6.41. The Labute approximate surface area is 165 Å². The highest BCUT2D eigenvalue weighted by molar-refractivity contribution is 6.30. The van der Waals surface area contributed by atoms with Gasteiger partial charge in [-0.05, 0) is 37.3 Å². The van der Waals surface area contributed by atoms with Gasteiger partial charge < -0.3 is 10.1 Å². The number of carbonyl (C=O) groups excluding carboxylic acids is 2. The molecule has 0 aliphatic rings. The number of hydrogen-bond acceptors (Lipinski definition) is 4. The Morgan fingerprint density at radius 3 is 2.61 bits per heavy atom. The fourth-order valence-electron chi connectivity index (χ4n) is 2.59. The first-order valence-electron chi connectivity index (χ1n) is 8.40. The summed E-state index contributed by atoms with van der Waals surface area (Å²) in [6, 6.07) is 12.9. The molecule has 1 aromatic heterocycles. The molecule has 0 aliphatic carbocycles. The van der Waals surface area contributed by atoms with Crippen LogP contribution >= 0.6 is 11.6 Å². The number of hydrogen-bond donors (Lipinski definition) is 1. The minimum Gasteiger partial charge on any atom is -0.457 e. The molecule has 0 fully saturated rings. The van der Waals surface area contributed by atoms with E-state index in [4.69, 9.17) is 16.3 Å². The number of ether oxygens (including phenoxy) is 1. The molecule has 0 spiro atoms. The van der Waals surface area contributed by atoms with Gasteiger partial charge in [0, 0.05) is 12.5 Å². The molecule has 0 radical (unpaired) electrons. The summed E-state index contributed by atoms with van der Waals surface area (Å²) in [5.74, 6) is -1.76. The van der Waals surface area contributed by atoms with Gasteiger partial charge in [0.05, 0.1) is 22.6 Å². The Kier molecular flexibility index (Phi) is 5.75. The third kappa shape index (κ3) is 4.20. The Hall–Kier alpha value is -3.19. The first kappa shape index (κ1) is 19.6. The number of anilines is 1. The fourth-order valence-corrected chi connectivity index (χ4v) is 2.92. The van der Waals surface area contributed by atoms with E-state index in [1.54, 1.807) is 11.6 Å². The van der Waals surface area contributed by atoms with Crippen molar-refractivity contribution in [2.45, 2.75) is 20.5 Å². The molecule has 1 amide bonds. The molecule has 3 rings (SSSR count). The first-order chi connectivity index (χ1) is 13.4. The topological polar surface area (TPSA) is 73.2 Å². The number of benzene rings is 2. The summed E-state index contributed by atoms with van der Waals surface area (Å²) in [7, 11) is 0. The van der Waals surface area contributed by atoms with Crippen molar-refractivity contribution in [2.75, 3.05) is 5.32 Å². The van der Waals surface area contributed by atoms with E-state index in [-0.39, 0.29) is 17.9 Å². The van der Waals surface area contributed by atoms with Crippen LogP contribution in [-0.4, -0.2) is 21.7 Å². The Bertz CT molecular complexity index is 1030. The van der Waals surface area contributed by atoms with Gasteiger partial charge in [0.15, 0.2) is 0 Å². The number of aryl methyl sites for hydroxylation is 1. The Morgan fingerprint density at radius 2 is 1.93 bits per heavy atom. The van der Waals surface area contributed by atoms with Gasteiger partial charge in [-0.1, -0.05) is 29.8 Å². The average molecular weight is 402 g/mol. The molecule has 6 nitrogen and oxygen atoms in total. The van der Waals surface area contributed by atoms with Crippen LogP contribution < -0.4 is 5.32 Å². The molecule has 2 aromatic carbocycles. The largest absolute Gasteiger partial charge is 0.457 e. The highest BCUT2D eigenvalue weighted by Gasteiger charge is 2.18. The second-order valence-electron chi connectivity index (χ2n) is 6.05. The van der Waals surface area contributed by atoms with Crippen LogP contribution in [0, 0.1) is 12.7 Å². The summed E-state index contributed by atoms with van der Waals surface area (Å²) in [5, 5.41) is 7.05. The van der Waals surface area contributed by atoms with Crippen molar-refractivity contribution in [3.63, 3.8) is 0 Å². The number of rotatable bonds is 5. The summed E-state index contributed by atoms with van der Waals surface area (Å²) in [5.41, 5.74) is 2.00. The van der Waals surface area contributed by atoms with Gasteiger partial charge in [0.25, 0.3) is 0 Å². The van der Waals surface area contributed by atoms with E-state index in [1.165, 1.54) is 19.1 Å². The molecule has 0 saturated heterocycles. The van der Waals surface area contributed by atoms with E-state index in [9.17, 15) is 14.0 Å². The zero-order chi connectivity index (χ0) is 20.3. The van der Waals surface area contributed by atoms with Crippen molar-refractivity contribution in [1.29, 1.82) is 0 Å². The highest BCUT2D eigenvalue weighted by Crippen LogP contribution is 2.25. The third-order valence-corrected chi connectivity index (χ3v) is 4.37. The van der Waals surface area contributed by atoms with Crippen molar-refractivity contribution >= 4 is 29.2 Å². The van der Waals surface area contributed by atoms with Crippen LogP contribution in [0.15, 0.2) is 48.5 Å². The van der Waals surface area contributed by atoms with E-state index >= 15 is 0 Å². The molecular formula is C20H17ClFN3O3. The standard InChI is InChI=1S/C20H17ClFN3O3/c1-12-16(19(21)25(24-12)15-6-4-3-5-7-15)11-28-20(27)14-8-9-17(22)18(10-14)23-13(2)26/h3-10H,11H2,1-2H3,(H,23,26). The van der Waals surface area contributed by atoms with Gasteiger partial charge in [-0.3, -0.25) is 4.79 Å². The van der Waals surface area contributed by atoms with Crippen molar-refractivity contribution in [3.05, 3.63) is 76.3 Å². The van der Waals surface area contributed by atoms with Gasteiger partial charge in [-0.25, -0.2) is 13.9 Å². The minimum atomic E-state index is -0.672. The van der Waals surface area contributed by atoms with E-state index in [0.717, 1.165) is 11.8 Å². The Morgan fingerprint density at radius 1 is 1.21 bits per heavy atom. The van der Waals surface area contributed by atoms with Crippen LogP contribution in [-0.2, 0) is 16.1 Å². The predicted molar refractivity (Wildman–Crippen MR) is 103 cm³/mol. The monoisotopic (exact) mass is 401 g/mol. The normalized spacial score (nSPS) is 10.6. The van der Waals surface area contributed by atoms with Gasteiger partial charge in [-0.15, -0.1) is 0 Å². The second kappa shape index (κ2) is 8.22. The average Bonchev–Trinajstić information content (AvgIpc) is 2.96. The van der Waals surface area contributed by atoms with E-state index in [2.05, 4.69) is 10.4 Å². The van der Waals surface area contributed by atoms with Crippen molar-refractivity contribution in [1.82, 2.24) is 9.78 Å². The molecule has 8 heteroatoms. The van der Waals surface area contributed by atoms with Gasteiger partial charge in [-0.2, -0.15) is 5.10 Å². The maximum Gasteiger partial charge on any atom is 0.338 e. The highest BCUT2D eigenvalue weighted by atomic mass is 35.5. The number of halogens is 2. The lowest BCUT2D eigenvalue weighted by Gasteiger charge is -2.08. The predicted octanol–water partition coefficient (Wildman–Crippen LogP) is 4.29. The summed E-state index contributed by atoms with van der Waals surface area (Å²) < 4.78 is 20.6. The van der Waals surface area contributed by atoms with E-state index in [0.29, 0.717) is 16.4 Å². The zero-order valence-electron chi connectivity index (χ0n) is 15.2. The smallest absolute Gasteiger partial charge is 0.338 e. The SMILES string of the molecule is CC(=O)Nc1cc(C(=O)OCc2c(C)nn(-c3ccccc3)c2Cl)ccc1F. The summed E-state index contributed by atoms with van der Waals surface area (Å²) in [6.45, 7) is 2.92. The number of carbonyl (C=O) groups is 2. The number of nitrogens with zero attached hydrogens (tertiary/aromatic N) is 2. The zero-order valence-corrected chi connectivity index (χ0v) is 16.0. The number of aromatic nitrogens is 2. The molecule has 0 aliphatic heterocycles.